The predicted molar refractivity (Wildman–Crippen MR) is 90.2 cm³/mol. The van der Waals surface area contributed by atoms with E-state index in [1.54, 1.807) is 0 Å². The van der Waals surface area contributed by atoms with Crippen molar-refractivity contribution >= 4 is 39.9 Å². The molecule has 2 heterocycles. The minimum atomic E-state index is 0.753. The maximum absolute atomic E-state index is 6.07. The zero-order valence-electron chi connectivity index (χ0n) is 11.1. The van der Waals surface area contributed by atoms with E-state index in [1.165, 1.54) is 61.1 Å². The first-order chi connectivity index (χ1) is 9.24. The second-order valence-corrected chi connectivity index (χ2v) is 7.18. The van der Waals surface area contributed by atoms with E-state index in [0.29, 0.717) is 0 Å². The number of anilines is 1. The standard InChI is InChI=1S/C15H20ClIN2/c16-12-5-6-15(14(17)10-12)19-9-3-8-18-7-2-1-4-13(18)11-19/h5-6,10,13H,1-4,7-9,11H2. The van der Waals surface area contributed by atoms with E-state index in [2.05, 4.69) is 44.5 Å². The fourth-order valence-corrected chi connectivity index (χ4v) is 4.54. The highest BCUT2D eigenvalue weighted by atomic mass is 127. The van der Waals surface area contributed by atoms with Crippen molar-refractivity contribution in [1.82, 2.24) is 4.90 Å². The SMILES string of the molecule is Clc1ccc(N2CCCN3CCCCC3C2)c(I)c1. The summed E-state index contributed by atoms with van der Waals surface area (Å²) in [6.45, 7) is 4.92. The molecular formula is C15H20ClIN2. The van der Waals surface area contributed by atoms with Crippen LogP contribution in [0.3, 0.4) is 0 Å². The molecule has 1 aromatic carbocycles. The summed E-state index contributed by atoms with van der Waals surface area (Å²) in [5.74, 6) is 0. The number of fused-ring (bicyclic) bond motifs is 1. The second kappa shape index (κ2) is 6.19. The lowest BCUT2D eigenvalue weighted by molar-refractivity contribution is 0.162. The van der Waals surface area contributed by atoms with Crippen molar-refractivity contribution in [3.05, 3.63) is 26.8 Å². The van der Waals surface area contributed by atoms with Gasteiger partial charge in [-0.1, -0.05) is 18.0 Å². The molecule has 3 rings (SSSR count). The van der Waals surface area contributed by atoms with Crippen LogP contribution in [0.15, 0.2) is 18.2 Å². The Morgan fingerprint density at radius 2 is 1.95 bits per heavy atom. The highest BCUT2D eigenvalue weighted by Crippen LogP contribution is 2.29. The van der Waals surface area contributed by atoms with Crippen LogP contribution in [0.25, 0.3) is 0 Å². The van der Waals surface area contributed by atoms with Crippen LogP contribution in [0.1, 0.15) is 25.7 Å². The Kier molecular flexibility index (Phi) is 4.54. The minimum absolute atomic E-state index is 0.753. The van der Waals surface area contributed by atoms with Crippen molar-refractivity contribution in [2.45, 2.75) is 31.7 Å². The van der Waals surface area contributed by atoms with Gasteiger partial charge in [-0.2, -0.15) is 0 Å². The molecular weight excluding hydrogens is 371 g/mol. The molecule has 0 aromatic heterocycles. The van der Waals surface area contributed by atoms with Crippen LogP contribution in [0.5, 0.6) is 0 Å². The Morgan fingerprint density at radius 1 is 1.11 bits per heavy atom. The molecule has 2 aliphatic heterocycles. The summed E-state index contributed by atoms with van der Waals surface area (Å²) >= 11 is 8.48. The molecule has 2 saturated heterocycles. The highest BCUT2D eigenvalue weighted by molar-refractivity contribution is 14.1. The van der Waals surface area contributed by atoms with Crippen LogP contribution >= 0.6 is 34.2 Å². The van der Waals surface area contributed by atoms with Crippen LogP contribution in [0, 0.1) is 3.57 Å². The molecule has 1 aromatic rings. The third-order valence-corrected chi connectivity index (χ3v) is 5.40. The van der Waals surface area contributed by atoms with E-state index in [1.807, 2.05) is 6.07 Å². The molecule has 104 valence electrons. The molecule has 0 N–H and O–H groups in total. The quantitative estimate of drug-likeness (QED) is 0.669. The Labute approximate surface area is 134 Å². The third kappa shape index (κ3) is 3.19. The van der Waals surface area contributed by atoms with Gasteiger partial charge in [-0.05, 0) is 66.6 Å². The second-order valence-electron chi connectivity index (χ2n) is 5.58. The van der Waals surface area contributed by atoms with E-state index in [9.17, 15) is 0 Å². The molecule has 0 amide bonds. The Bertz CT molecular complexity index is 452. The lowest BCUT2D eigenvalue weighted by atomic mass is 10.0. The van der Waals surface area contributed by atoms with Crippen molar-refractivity contribution < 1.29 is 0 Å². The molecule has 2 nitrogen and oxygen atoms in total. The number of hydrogen-bond acceptors (Lipinski definition) is 2. The Balaban J connectivity index is 1.80. The number of hydrogen-bond donors (Lipinski definition) is 0. The van der Waals surface area contributed by atoms with Gasteiger partial charge in [0.25, 0.3) is 0 Å². The van der Waals surface area contributed by atoms with Gasteiger partial charge in [0.05, 0.1) is 5.69 Å². The smallest absolute Gasteiger partial charge is 0.0503 e. The average molecular weight is 391 g/mol. The van der Waals surface area contributed by atoms with Crippen LogP contribution < -0.4 is 4.90 Å². The van der Waals surface area contributed by atoms with E-state index in [-0.39, 0.29) is 0 Å². The molecule has 0 saturated carbocycles. The molecule has 0 aliphatic carbocycles. The van der Waals surface area contributed by atoms with Gasteiger partial charge in [-0.3, -0.25) is 4.90 Å². The lowest BCUT2D eigenvalue weighted by Crippen LogP contribution is -2.44. The topological polar surface area (TPSA) is 6.48 Å². The summed E-state index contributed by atoms with van der Waals surface area (Å²) in [4.78, 5) is 5.26. The van der Waals surface area contributed by atoms with E-state index in [0.717, 1.165) is 11.1 Å². The molecule has 1 atom stereocenters. The monoisotopic (exact) mass is 390 g/mol. The van der Waals surface area contributed by atoms with Crippen molar-refractivity contribution in [3.8, 4) is 0 Å². The lowest BCUT2D eigenvalue weighted by Gasteiger charge is -2.36. The molecule has 0 radical (unpaired) electrons. The van der Waals surface area contributed by atoms with E-state index >= 15 is 0 Å². The average Bonchev–Trinajstić information content (AvgIpc) is 2.60. The fourth-order valence-electron chi connectivity index (χ4n) is 3.33. The molecule has 1 unspecified atom stereocenters. The normalized spacial score (nSPS) is 24.9. The van der Waals surface area contributed by atoms with Crippen molar-refractivity contribution in [2.24, 2.45) is 0 Å². The third-order valence-electron chi connectivity index (χ3n) is 4.30. The van der Waals surface area contributed by atoms with Crippen LogP contribution in [0.4, 0.5) is 5.69 Å². The largest absolute Gasteiger partial charge is 0.369 e. The van der Waals surface area contributed by atoms with Crippen LogP contribution in [-0.2, 0) is 0 Å². The van der Waals surface area contributed by atoms with Crippen molar-refractivity contribution in [2.75, 3.05) is 31.1 Å². The molecule has 2 aliphatic rings. The maximum Gasteiger partial charge on any atom is 0.0503 e. The summed E-state index contributed by atoms with van der Waals surface area (Å²) in [7, 11) is 0. The zero-order chi connectivity index (χ0) is 13.2. The number of halogens is 2. The number of benzene rings is 1. The summed E-state index contributed by atoms with van der Waals surface area (Å²) in [6, 6.07) is 7.02. The number of piperidine rings is 1. The fraction of sp³-hybridized carbons (Fsp3) is 0.600. The van der Waals surface area contributed by atoms with Crippen molar-refractivity contribution in [3.63, 3.8) is 0 Å². The van der Waals surface area contributed by atoms with E-state index in [4.69, 9.17) is 11.6 Å². The first kappa shape index (κ1) is 14.0. The van der Waals surface area contributed by atoms with Gasteiger partial charge in [0.2, 0.25) is 0 Å². The minimum Gasteiger partial charge on any atom is -0.369 e. The summed E-state index contributed by atoms with van der Waals surface area (Å²) in [6.07, 6.45) is 5.41. The molecule has 2 fully saturated rings. The van der Waals surface area contributed by atoms with E-state index < -0.39 is 0 Å². The van der Waals surface area contributed by atoms with Gasteiger partial charge in [0.15, 0.2) is 0 Å². The van der Waals surface area contributed by atoms with Crippen LogP contribution in [-0.4, -0.2) is 37.1 Å². The van der Waals surface area contributed by atoms with Gasteiger partial charge in [0.1, 0.15) is 0 Å². The van der Waals surface area contributed by atoms with Crippen LogP contribution in [0.2, 0.25) is 5.02 Å². The summed E-state index contributed by atoms with van der Waals surface area (Å²) < 4.78 is 1.27. The van der Waals surface area contributed by atoms with Gasteiger partial charge < -0.3 is 4.90 Å². The predicted octanol–water partition coefficient (Wildman–Crippen LogP) is 4.01. The van der Waals surface area contributed by atoms with Crippen molar-refractivity contribution in [1.29, 1.82) is 0 Å². The highest BCUT2D eigenvalue weighted by Gasteiger charge is 2.27. The Hall–Kier alpha value is -0.000000000000000111. The van der Waals surface area contributed by atoms with Gasteiger partial charge >= 0.3 is 0 Å². The molecule has 19 heavy (non-hydrogen) atoms. The molecule has 4 heteroatoms. The molecule has 0 bridgehead atoms. The maximum atomic E-state index is 6.07. The number of rotatable bonds is 1. The van der Waals surface area contributed by atoms with Gasteiger partial charge in [-0.25, -0.2) is 0 Å². The number of nitrogens with zero attached hydrogens (tertiary/aromatic N) is 2. The molecule has 0 spiro atoms. The Morgan fingerprint density at radius 3 is 2.79 bits per heavy atom. The first-order valence-electron chi connectivity index (χ1n) is 7.18. The van der Waals surface area contributed by atoms with Gasteiger partial charge in [-0.15, -0.1) is 0 Å². The van der Waals surface area contributed by atoms with Gasteiger partial charge in [0, 0.05) is 34.3 Å². The summed E-state index contributed by atoms with van der Waals surface area (Å²) in [5, 5.41) is 0.835. The first-order valence-corrected chi connectivity index (χ1v) is 8.64. The zero-order valence-corrected chi connectivity index (χ0v) is 14.0. The summed E-state index contributed by atoms with van der Waals surface area (Å²) in [5.41, 5.74) is 1.36.